The lowest BCUT2D eigenvalue weighted by molar-refractivity contribution is -0.121. The van der Waals surface area contributed by atoms with Crippen molar-refractivity contribution in [2.75, 3.05) is 4.72 Å². The molecule has 0 unspecified atom stereocenters. The van der Waals surface area contributed by atoms with E-state index in [9.17, 15) is 13.2 Å². The predicted octanol–water partition coefficient (Wildman–Crippen LogP) is 3.80. The van der Waals surface area contributed by atoms with Crippen LogP contribution >= 0.6 is 0 Å². The van der Waals surface area contributed by atoms with Crippen molar-refractivity contribution in [2.24, 2.45) is 5.92 Å². The van der Waals surface area contributed by atoms with Gasteiger partial charge in [0, 0.05) is 23.9 Å². The fourth-order valence-corrected chi connectivity index (χ4v) is 4.00. The summed E-state index contributed by atoms with van der Waals surface area (Å²) in [7, 11) is -3.85. The van der Waals surface area contributed by atoms with Crippen LogP contribution in [0.1, 0.15) is 19.4 Å². The number of ketones is 1. The van der Waals surface area contributed by atoms with Crippen LogP contribution in [0.4, 0.5) is 5.69 Å². The number of rotatable bonds is 6. The van der Waals surface area contributed by atoms with Crippen LogP contribution in [-0.2, 0) is 21.2 Å². The predicted molar refractivity (Wildman–Crippen MR) is 103 cm³/mol. The highest BCUT2D eigenvalue weighted by atomic mass is 32.2. The Hall–Kier alpha value is -2.73. The average Bonchev–Trinajstić information content (AvgIpc) is 2.62. The number of carbonyl (C=O) groups is 1. The molecule has 26 heavy (non-hydrogen) atoms. The summed E-state index contributed by atoms with van der Waals surface area (Å²) in [6.07, 6.45) is 1.71. The van der Waals surface area contributed by atoms with E-state index in [-0.39, 0.29) is 23.0 Å². The second-order valence-electron chi connectivity index (χ2n) is 6.39. The first-order valence-electron chi connectivity index (χ1n) is 8.35. The molecule has 1 aromatic heterocycles. The molecule has 0 atom stereocenters. The number of hydrogen-bond acceptors (Lipinski definition) is 4. The SMILES string of the molecule is CC(C)C(=O)Cc1ccccc1S(=O)(=O)Nc1cccc2cccnc12. The number of anilines is 1. The van der Waals surface area contributed by atoms with Gasteiger partial charge in [-0.1, -0.05) is 50.2 Å². The molecule has 134 valence electrons. The molecule has 3 rings (SSSR count). The van der Waals surface area contributed by atoms with Gasteiger partial charge in [-0.25, -0.2) is 8.42 Å². The topological polar surface area (TPSA) is 76.1 Å². The summed E-state index contributed by atoms with van der Waals surface area (Å²) in [5.74, 6) is -0.152. The van der Waals surface area contributed by atoms with E-state index >= 15 is 0 Å². The standard InChI is InChI=1S/C20H20N2O3S/c1-14(2)18(23)13-16-7-3-4-11-19(16)26(24,25)22-17-10-5-8-15-9-6-12-21-20(15)17/h3-12,14,22H,13H2,1-2H3. The molecule has 1 heterocycles. The van der Waals surface area contributed by atoms with Crippen LogP contribution in [0, 0.1) is 5.92 Å². The lowest BCUT2D eigenvalue weighted by Gasteiger charge is -2.14. The minimum absolute atomic E-state index is 0.000484. The van der Waals surface area contributed by atoms with Gasteiger partial charge in [0.1, 0.15) is 5.78 Å². The number of sulfonamides is 1. The van der Waals surface area contributed by atoms with Gasteiger partial charge in [0.05, 0.1) is 16.1 Å². The van der Waals surface area contributed by atoms with Gasteiger partial charge in [-0.3, -0.25) is 14.5 Å². The van der Waals surface area contributed by atoms with Crippen LogP contribution in [-0.4, -0.2) is 19.2 Å². The summed E-state index contributed by atoms with van der Waals surface area (Å²) in [6.45, 7) is 3.61. The Morgan fingerprint density at radius 2 is 1.77 bits per heavy atom. The molecule has 0 radical (unpaired) electrons. The largest absolute Gasteiger partial charge is 0.299 e. The van der Waals surface area contributed by atoms with Crippen LogP contribution in [0.25, 0.3) is 10.9 Å². The lowest BCUT2D eigenvalue weighted by atomic mass is 10.0. The molecule has 0 fully saturated rings. The molecule has 1 N–H and O–H groups in total. The normalized spacial score (nSPS) is 11.7. The number of hydrogen-bond donors (Lipinski definition) is 1. The fraction of sp³-hybridized carbons (Fsp3) is 0.200. The molecule has 0 saturated heterocycles. The molecule has 6 heteroatoms. The van der Waals surface area contributed by atoms with Crippen LogP contribution in [0.15, 0.2) is 65.7 Å². The Bertz CT molecular complexity index is 1050. The lowest BCUT2D eigenvalue weighted by Crippen LogP contribution is -2.18. The smallest absolute Gasteiger partial charge is 0.262 e. The van der Waals surface area contributed by atoms with Gasteiger partial charge in [0.25, 0.3) is 10.0 Å². The number of pyridine rings is 1. The Balaban J connectivity index is 2.00. The molecule has 0 spiro atoms. The number of para-hydroxylation sites is 1. The zero-order valence-electron chi connectivity index (χ0n) is 14.6. The van der Waals surface area contributed by atoms with Crippen LogP contribution in [0.2, 0.25) is 0 Å². The first-order valence-corrected chi connectivity index (χ1v) is 9.84. The summed E-state index contributed by atoms with van der Waals surface area (Å²) < 4.78 is 28.6. The zero-order valence-corrected chi connectivity index (χ0v) is 15.5. The molecule has 2 aromatic carbocycles. The molecule has 0 aliphatic carbocycles. The third-order valence-corrected chi connectivity index (χ3v) is 5.61. The molecule has 3 aromatic rings. The molecule has 0 aliphatic rings. The number of Topliss-reactive ketones (excluding diaryl/α,β-unsaturated/α-hetero) is 1. The Morgan fingerprint density at radius 1 is 1.04 bits per heavy atom. The van der Waals surface area contributed by atoms with Crippen molar-refractivity contribution in [3.63, 3.8) is 0 Å². The summed E-state index contributed by atoms with van der Waals surface area (Å²) in [5.41, 5.74) is 1.48. The van der Waals surface area contributed by atoms with Crippen molar-refractivity contribution in [1.29, 1.82) is 0 Å². The summed E-state index contributed by atoms with van der Waals surface area (Å²) in [4.78, 5) is 16.5. The number of aromatic nitrogens is 1. The van der Waals surface area contributed by atoms with Crippen molar-refractivity contribution in [3.05, 3.63) is 66.4 Å². The van der Waals surface area contributed by atoms with Crippen molar-refractivity contribution < 1.29 is 13.2 Å². The highest BCUT2D eigenvalue weighted by molar-refractivity contribution is 7.92. The van der Waals surface area contributed by atoms with Crippen molar-refractivity contribution in [2.45, 2.75) is 25.2 Å². The van der Waals surface area contributed by atoms with Gasteiger partial charge in [0.15, 0.2) is 0 Å². The van der Waals surface area contributed by atoms with E-state index in [4.69, 9.17) is 0 Å². The molecule has 5 nitrogen and oxygen atoms in total. The summed E-state index contributed by atoms with van der Waals surface area (Å²) in [5, 5.41) is 0.843. The van der Waals surface area contributed by atoms with E-state index in [0.717, 1.165) is 5.39 Å². The molecular weight excluding hydrogens is 348 g/mol. The van der Waals surface area contributed by atoms with E-state index in [1.165, 1.54) is 6.07 Å². The maximum absolute atomic E-state index is 13.0. The highest BCUT2D eigenvalue weighted by Gasteiger charge is 2.21. The summed E-state index contributed by atoms with van der Waals surface area (Å²) >= 11 is 0. The number of nitrogens with one attached hydrogen (secondary N) is 1. The molecule has 0 amide bonds. The van der Waals surface area contributed by atoms with Crippen LogP contribution in [0.3, 0.4) is 0 Å². The van der Waals surface area contributed by atoms with Crippen LogP contribution < -0.4 is 4.72 Å². The molecule has 0 bridgehead atoms. The average molecular weight is 368 g/mol. The Labute approximate surface area is 153 Å². The van der Waals surface area contributed by atoms with Gasteiger partial charge >= 0.3 is 0 Å². The number of nitrogens with zero attached hydrogens (tertiary/aromatic N) is 1. The third-order valence-electron chi connectivity index (χ3n) is 4.15. The highest BCUT2D eigenvalue weighted by Crippen LogP contribution is 2.25. The van der Waals surface area contributed by atoms with Gasteiger partial charge in [-0.05, 0) is 23.8 Å². The summed E-state index contributed by atoms with van der Waals surface area (Å²) in [6, 6.07) is 15.6. The van der Waals surface area contributed by atoms with Crippen molar-refractivity contribution in [3.8, 4) is 0 Å². The van der Waals surface area contributed by atoms with Crippen LogP contribution in [0.5, 0.6) is 0 Å². The van der Waals surface area contributed by atoms with Gasteiger partial charge in [-0.2, -0.15) is 0 Å². The first kappa shape index (κ1) is 18.1. The van der Waals surface area contributed by atoms with E-state index in [1.54, 1.807) is 56.4 Å². The minimum atomic E-state index is -3.85. The van der Waals surface area contributed by atoms with E-state index in [1.807, 2.05) is 12.1 Å². The Morgan fingerprint density at radius 3 is 2.54 bits per heavy atom. The van der Waals surface area contributed by atoms with Gasteiger partial charge in [-0.15, -0.1) is 0 Å². The molecule has 0 aliphatic heterocycles. The maximum Gasteiger partial charge on any atom is 0.262 e. The van der Waals surface area contributed by atoms with Gasteiger partial charge < -0.3 is 0 Å². The second-order valence-corrected chi connectivity index (χ2v) is 8.04. The molecule has 0 saturated carbocycles. The number of fused-ring (bicyclic) bond motifs is 1. The monoisotopic (exact) mass is 368 g/mol. The number of benzene rings is 2. The molecular formula is C20H20N2O3S. The first-order chi connectivity index (χ1) is 12.4. The fourth-order valence-electron chi connectivity index (χ4n) is 2.69. The van der Waals surface area contributed by atoms with E-state index < -0.39 is 10.0 Å². The van der Waals surface area contributed by atoms with Crippen molar-refractivity contribution in [1.82, 2.24) is 4.98 Å². The quantitative estimate of drug-likeness (QED) is 0.718. The number of carbonyl (C=O) groups excluding carboxylic acids is 1. The van der Waals surface area contributed by atoms with E-state index in [2.05, 4.69) is 9.71 Å². The third kappa shape index (κ3) is 3.75. The van der Waals surface area contributed by atoms with Gasteiger partial charge in [0.2, 0.25) is 0 Å². The Kier molecular flexibility index (Phi) is 5.04. The second kappa shape index (κ2) is 7.25. The zero-order chi connectivity index (χ0) is 18.7. The van der Waals surface area contributed by atoms with Crippen molar-refractivity contribution >= 4 is 32.4 Å². The van der Waals surface area contributed by atoms with E-state index in [0.29, 0.717) is 16.8 Å². The minimum Gasteiger partial charge on any atom is -0.299 e. The maximum atomic E-state index is 13.0.